The van der Waals surface area contributed by atoms with Crippen molar-refractivity contribution >= 4 is 52.6 Å². The average Bonchev–Trinajstić information content (AvgIpc) is 3.89. The van der Waals surface area contributed by atoms with Gasteiger partial charge >= 0.3 is 0 Å². The zero-order valence-corrected chi connectivity index (χ0v) is 39.8. The highest BCUT2D eigenvalue weighted by Gasteiger charge is 2.42. The number of nitrogens with zero attached hydrogens (tertiary/aromatic N) is 2. The molecule has 0 radical (unpaired) electrons. The van der Waals surface area contributed by atoms with E-state index in [9.17, 15) is 24.0 Å². The third kappa shape index (κ3) is 20.5. The van der Waals surface area contributed by atoms with Gasteiger partial charge < -0.3 is 50.8 Å². The predicted molar refractivity (Wildman–Crippen MR) is 261 cm³/mol. The van der Waals surface area contributed by atoms with Crippen LogP contribution in [0.15, 0.2) is 67.4 Å². The Morgan fingerprint density at radius 1 is 0.735 bits per heavy atom. The Morgan fingerprint density at radius 2 is 1.35 bits per heavy atom. The van der Waals surface area contributed by atoms with Gasteiger partial charge in [-0.3, -0.25) is 24.0 Å². The Labute approximate surface area is 401 Å². The fourth-order valence-electron chi connectivity index (χ4n) is 8.24. The number of ketones is 1. The fraction of sp³-hybridized carbons (Fsp3) is 0.549. The van der Waals surface area contributed by atoms with Crippen molar-refractivity contribution in [2.24, 2.45) is 11.8 Å². The summed E-state index contributed by atoms with van der Waals surface area (Å²) < 4.78 is 22.6. The second-order valence-electron chi connectivity index (χ2n) is 17.3. The number of nitrogens with one attached hydrogen (secondary N) is 6. The molecule has 4 amide bonds. The number of aryl methyl sites for hydroxylation is 1. The highest BCUT2D eigenvalue weighted by molar-refractivity contribution is 5.91. The van der Waals surface area contributed by atoms with Crippen molar-refractivity contribution in [3.05, 3.63) is 78.5 Å². The summed E-state index contributed by atoms with van der Waals surface area (Å²) >= 11 is 0. The van der Waals surface area contributed by atoms with Crippen LogP contribution in [-0.4, -0.2) is 111 Å². The molecular weight excluding hydrogens is 869 g/mol. The first-order valence-corrected chi connectivity index (χ1v) is 24.3. The summed E-state index contributed by atoms with van der Waals surface area (Å²) in [5.74, 6) is 2.83. The van der Waals surface area contributed by atoms with Crippen LogP contribution in [0.25, 0.3) is 0 Å². The monoisotopic (exact) mass is 941 g/mol. The van der Waals surface area contributed by atoms with Crippen molar-refractivity contribution in [2.45, 2.75) is 103 Å². The van der Waals surface area contributed by atoms with E-state index in [4.69, 9.17) is 18.9 Å². The number of ether oxygens (including phenoxy) is 4. The van der Waals surface area contributed by atoms with Gasteiger partial charge in [0.2, 0.25) is 29.6 Å². The van der Waals surface area contributed by atoms with E-state index in [-0.39, 0.29) is 48.7 Å². The molecule has 17 nitrogen and oxygen atoms in total. The molecule has 1 aliphatic carbocycles. The molecule has 68 heavy (non-hydrogen) atoms. The zero-order valence-electron chi connectivity index (χ0n) is 39.8. The maximum absolute atomic E-state index is 12.3. The number of hydrogen-bond acceptors (Lipinski definition) is 13. The van der Waals surface area contributed by atoms with Crippen LogP contribution >= 0.6 is 0 Å². The summed E-state index contributed by atoms with van der Waals surface area (Å²) in [4.78, 5) is 69.2. The molecule has 0 spiro atoms. The molecule has 3 atom stereocenters. The Bertz CT molecular complexity index is 2070. The number of rotatable bonds is 35. The Morgan fingerprint density at radius 3 is 2.03 bits per heavy atom. The summed E-state index contributed by atoms with van der Waals surface area (Å²) in [7, 11) is 0. The van der Waals surface area contributed by atoms with Gasteiger partial charge in [-0.05, 0) is 106 Å². The second kappa shape index (κ2) is 30.5. The summed E-state index contributed by atoms with van der Waals surface area (Å²) in [6.45, 7) is 10.3. The molecule has 2 heterocycles. The van der Waals surface area contributed by atoms with E-state index in [1.54, 1.807) is 6.20 Å². The molecule has 0 bridgehead atoms. The lowest BCUT2D eigenvalue weighted by Gasteiger charge is -2.18. The minimum atomic E-state index is -0.104. The number of fused-ring (bicyclic) bond motifs is 1. The first kappa shape index (κ1) is 53.1. The van der Waals surface area contributed by atoms with Crippen LogP contribution in [0.4, 0.5) is 23.1 Å². The summed E-state index contributed by atoms with van der Waals surface area (Å²) in [5, 5.41) is 18.4. The van der Waals surface area contributed by atoms with Crippen LogP contribution < -0.4 is 36.6 Å². The molecule has 1 aromatic heterocycles. The molecule has 2 aliphatic rings. The quantitative estimate of drug-likeness (QED) is 0.0288. The lowest BCUT2D eigenvalue weighted by Crippen LogP contribution is -2.32. The molecule has 5 rings (SSSR count). The standard InChI is InChI=1S/C51H72N8O9/c1-3-43(60)33-38-12-6-14-41(32-38)56-50-37(2)36-55-51(59-50)57-42-15-7-16-44(35-42)68-27-11-24-54-47(63)19-8-18-46(62)53-23-10-26-66-29-31-67-30-28-65-25-9-22-52-45(61)17-5-4-13-39-20-21-40-34-48(64)58-49(39)40/h3,6-7,12,14-16,32,35-36,39-40,49H,1,4-5,8-11,13,17-31,33-34H2,2H3,(H,52,61)(H,53,62)(H,54,63)(H,58,64)(H2,55,56,57,59)/t39-,40-,49-/m1/s1. The number of carbonyl (C=O) groups excluding carboxylic acids is 5. The summed E-state index contributed by atoms with van der Waals surface area (Å²) in [5.41, 5.74) is 3.29. The first-order chi connectivity index (χ1) is 33.1. The topological polar surface area (TPSA) is 220 Å². The zero-order chi connectivity index (χ0) is 48.2. The van der Waals surface area contributed by atoms with Crippen LogP contribution in [0.5, 0.6) is 5.75 Å². The number of allylic oxidation sites excluding steroid dienone is 1. The number of hydrogen-bond donors (Lipinski definition) is 6. The van der Waals surface area contributed by atoms with Crippen molar-refractivity contribution in [1.82, 2.24) is 31.2 Å². The molecule has 2 fully saturated rings. The van der Waals surface area contributed by atoms with Crippen molar-refractivity contribution in [3.63, 3.8) is 0 Å². The fourth-order valence-corrected chi connectivity index (χ4v) is 8.24. The Hall–Kier alpha value is -5.91. The number of aromatic nitrogens is 2. The van der Waals surface area contributed by atoms with Crippen LogP contribution in [0.1, 0.15) is 94.6 Å². The van der Waals surface area contributed by atoms with Crippen LogP contribution in [0, 0.1) is 18.8 Å². The third-order valence-electron chi connectivity index (χ3n) is 11.8. The van der Waals surface area contributed by atoms with Gasteiger partial charge in [-0.2, -0.15) is 4.98 Å². The highest BCUT2D eigenvalue weighted by Crippen LogP contribution is 2.39. The van der Waals surface area contributed by atoms with E-state index in [0.717, 1.165) is 54.6 Å². The van der Waals surface area contributed by atoms with Gasteiger partial charge in [0.05, 0.1) is 33.0 Å². The molecular formula is C51H72N8O9. The molecule has 0 unspecified atom stereocenters. The number of carbonyl (C=O) groups is 5. The van der Waals surface area contributed by atoms with E-state index >= 15 is 0 Å². The molecule has 2 aromatic carbocycles. The van der Waals surface area contributed by atoms with Crippen molar-refractivity contribution in [1.29, 1.82) is 0 Å². The molecule has 370 valence electrons. The Kier molecular flexibility index (Phi) is 23.8. The lowest BCUT2D eigenvalue weighted by molar-refractivity contribution is -0.123. The molecule has 6 N–H and O–H groups in total. The first-order valence-electron chi connectivity index (χ1n) is 24.3. The SMILES string of the molecule is C=CC(=O)Cc1cccc(Nc2nc(Nc3cccc(OCCCNC(=O)CCCC(=O)NCCCOCCOCCOCCCNC(=O)CCCC[C@@H]4CC[C@@H]5CC(=O)N[C@H]45)c3)ncc2C)c1. The van der Waals surface area contributed by atoms with Crippen LogP contribution in [-0.2, 0) is 44.6 Å². The van der Waals surface area contributed by atoms with Gasteiger partial charge in [0.1, 0.15) is 11.6 Å². The number of unbranched alkanes of at least 4 members (excludes halogenated alkanes) is 1. The van der Waals surface area contributed by atoms with Gasteiger partial charge in [0, 0.05) is 100 Å². The second-order valence-corrected chi connectivity index (χ2v) is 17.3. The molecule has 17 heteroatoms. The van der Waals surface area contributed by atoms with E-state index in [0.29, 0.717) is 133 Å². The number of benzene rings is 2. The normalized spacial score (nSPS) is 16.1. The predicted octanol–water partition coefficient (Wildman–Crippen LogP) is 6.16. The Balaban J connectivity index is 0.775. The van der Waals surface area contributed by atoms with Crippen molar-refractivity contribution in [3.8, 4) is 5.75 Å². The van der Waals surface area contributed by atoms with Gasteiger partial charge in [-0.1, -0.05) is 31.2 Å². The largest absolute Gasteiger partial charge is 0.493 e. The van der Waals surface area contributed by atoms with E-state index < -0.39 is 0 Å². The molecule has 3 aromatic rings. The highest BCUT2D eigenvalue weighted by atomic mass is 16.5. The van der Waals surface area contributed by atoms with E-state index in [1.165, 1.54) is 12.5 Å². The number of amides is 4. The van der Waals surface area contributed by atoms with E-state index in [1.807, 2.05) is 55.5 Å². The van der Waals surface area contributed by atoms with Crippen molar-refractivity contribution < 1.29 is 42.9 Å². The minimum absolute atomic E-state index is 0.0453. The lowest BCUT2D eigenvalue weighted by atomic mass is 9.94. The smallest absolute Gasteiger partial charge is 0.229 e. The van der Waals surface area contributed by atoms with Crippen LogP contribution in [0.3, 0.4) is 0 Å². The van der Waals surface area contributed by atoms with Gasteiger partial charge in [-0.25, -0.2) is 4.98 Å². The summed E-state index contributed by atoms with van der Waals surface area (Å²) in [6.07, 6.45) is 12.9. The number of anilines is 4. The van der Waals surface area contributed by atoms with Crippen LogP contribution in [0.2, 0.25) is 0 Å². The maximum atomic E-state index is 12.3. The molecule has 1 saturated carbocycles. The molecule has 1 aliphatic heterocycles. The van der Waals surface area contributed by atoms with E-state index in [2.05, 4.69) is 48.4 Å². The third-order valence-corrected chi connectivity index (χ3v) is 11.8. The van der Waals surface area contributed by atoms with Crippen molar-refractivity contribution in [2.75, 3.05) is 76.5 Å². The average molecular weight is 941 g/mol. The molecule has 1 saturated heterocycles. The van der Waals surface area contributed by atoms with Gasteiger partial charge in [-0.15, -0.1) is 0 Å². The summed E-state index contributed by atoms with van der Waals surface area (Å²) in [6, 6.07) is 15.4. The van der Waals surface area contributed by atoms with Gasteiger partial charge in [0.25, 0.3) is 0 Å². The minimum Gasteiger partial charge on any atom is -0.493 e. The van der Waals surface area contributed by atoms with Gasteiger partial charge in [0.15, 0.2) is 5.78 Å². The maximum Gasteiger partial charge on any atom is 0.229 e.